The number of carbonyl (C=O) groups is 2. The van der Waals surface area contributed by atoms with Gasteiger partial charge in [-0.1, -0.05) is 29.8 Å². The molecule has 0 bridgehead atoms. The summed E-state index contributed by atoms with van der Waals surface area (Å²) in [6.07, 6.45) is 0. The fourth-order valence-electron chi connectivity index (χ4n) is 2.58. The number of hydrogen-bond acceptors (Lipinski definition) is 7. The average Bonchev–Trinajstić information content (AvgIpc) is 3.24. The van der Waals surface area contributed by atoms with Gasteiger partial charge < -0.3 is 19.6 Å². The monoisotopic (exact) mass is 398 g/mol. The third-order valence-electron chi connectivity index (χ3n) is 3.77. The van der Waals surface area contributed by atoms with Crippen molar-refractivity contribution in [2.75, 3.05) is 5.32 Å². The maximum atomic E-state index is 12.3. The summed E-state index contributed by atoms with van der Waals surface area (Å²) < 4.78 is 5.51. The molecule has 0 radical (unpaired) electrons. The lowest BCUT2D eigenvalue weighted by Crippen LogP contribution is -2.25. The molecule has 9 heteroatoms. The number of amides is 1. The molecule has 0 atom stereocenters. The minimum atomic E-state index is -1.51. The minimum absolute atomic E-state index is 0.00171. The quantitative estimate of drug-likeness (QED) is 0.531. The van der Waals surface area contributed by atoms with Crippen LogP contribution in [0.2, 0.25) is 5.02 Å². The van der Waals surface area contributed by atoms with Gasteiger partial charge in [0.2, 0.25) is 5.89 Å². The van der Waals surface area contributed by atoms with Crippen LogP contribution < -0.4 is 10.4 Å². The Bertz CT molecular complexity index is 1090. The molecule has 0 fully saturated rings. The van der Waals surface area contributed by atoms with Gasteiger partial charge in [-0.2, -0.15) is 0 Å². The molecule has 2 aromatic carbocycles. The first-order valence-corrected chi connectivity index (χ1v) is 8.86. The lowest BCUT2D eigenvalue weighted by molar-refractivity contribution is -0.298. The third-order valence-corrected chi connectivity index (χ3v) is 4.94. The summed E-state index contributed by atoms with van der Waals surface area (Å²) in [5, 5.41) is 22.6. The summed E-state index contributed by atoms with van der Waals surface area (Å²) in [6, 6.07) is 13.5. The first-order valence-electron chi connectivity index (χ1n) is 7.66. The number of nitrogens with one attached hydrogen (secondary N) is 1. The fraction of sp³-hybridized carbons (Fsp3) is 0. The number of anilines is 1. The van der Waals surface area contributed by atoms with Gasteiger partial charge in [0.25, 0.3) is 11.1 Å². The van der Waals surface area contributed by atoms with Crippen LogP contribution in [0.3, 0.4) is 0 Å². The van der Waals surface area contributed by atoms with Gasteiger partial charge in [-0.05, 0) is 42.1 Å². The van der Waals surface area contributed by atoms with Crippen LogP contribution in [0.5, 0.6) is 0 Å². The first-order chi connectivity index (χ1) is 13.0. The van der Waals surface area contributed by atoms with Crippen molar-refractivity contribution in [2.24, 2.45) is 0 Å². The molecule has 0 saturated heterocycles. The van der Waals surface area contributed by atoms with E-state index in [1.54, 1.807) is 48.5 Å². The maximum absolute atomic E-state index is 12.3. The number of fused-ring (bicyclic) bond motifs is 1. The Kier molecular flexibility index (Phi) is 4.43. The second-order valence-electron chi connectivity index (χ2n) is 5.47. The normalized spacial score (nSPS) is 14.6. The van der Waals surface area contributed by atoms with Gasteiger partial charge in [0.1, 0.15) is 0 Å². The zero-order valence-electron chi connectivity index (χ0n) is 13.4. The van der Waals surface area contributed by atoms with Gasteiger partial charge in [0, 0.05) is 21.8 Å². The molecule has 0 spiro atoms. The van der Waals surface area contributed by atoms with Gasteiger partial charge in [0.15, 0.2) is 0 Å². The van der Waals surface area contributed by atoms with Crippen molar-refractivity contribution in [1.29, 1.82) is 0 Å². The molecule has 0 saturated carbocycles. The van der Waals surface area contributed by atoms with E-state index in [0.29, 0.717) is 33.6 Å². The Labute approximate surface area is 162 Å². The van der Waals surface area contributed by atoms with Crippen LogP contribution in [0.25, 0.3) is 17.0 Å². The Morgan fingerprint density at radius 2 is 1.85 bits per heavy atom. The Morgan fingerprint density at radius 3 is 2.59 bits per heavy atom. The number of thioether (sulfide) groups is 1. The summed E-state index contributed by atoms with van der Waals surface area (Å²) in [5.74, 6) is -1.83. The van der Waals surface area contributed by atoms with Crippen molar-refractivity contribution in [2.45, 2.75) is 5.22 Å². The van der Waals surface area contributed by atoms with Crippen molar-refractivity contribution in [3.8, 4) is 11.5 Å². The van der Waals surface area contributed by atoms with Gasteiger partial charge >= 0.3 is 0 Å². The first kappa shape index (κ1) is 17.3. The standard InChI is InChI=1S/C18H10ClN3O4S/c19-10-7-5-9(6-8-10)16-21-22-18(26-16)27-14(17(24)25)13-11-3-1-2-4-12(11)20-15(13)23/h1-8H,(H,20,23)(H,24,25)/p-1/b14-13+. The number of nitrogens with zero attached hydrogens (tertiary/aromatic N) is 2. The number of hydrogen-bond donors (Lipinski definition) is 1. The van der Waals surface area contributed by atoms with E-state index in [1.807, 2.05) is 0 Å². The second kappa shape index (κ2) is 6.90. The summed E-state index contributed by atoms with van der Waals surface area (Å²) >= 11 is 6.52. The lowest BCUT2D eigenvalue weighted by atomic mass is 10.1. The Hall–Kier alpha value is -3.10. The number of benzene rings is 2. The van der Waals surface area contributed by atoms with E-state index in [4.69, 9.17) is 16.0 Å². The molecule has 1 aliphatic heterocycles. The number of carboxylic acids is 1. The van der Waals surface area contributed by atoms with Crippen molar-refractivity contribution < 1.29 is 19.1 Å². The summed E-state index contributed by atoms with van der Waals surface area (Å²) in [5.41, 5.74) is 1.64. The third kappa shape index (κ3) is 3.32. The lowest BCUT2D eigenvalue weighted by Gasteiger charge is -2.08. The number of halogens is 1. The predicted molar refractivity (Wildman–Crippen MR) is 97.6 cm³/mol. The zero-order valence-corrected chi connectivity index (χ0v) is 15.0. The highest BCUT2D eigenvalue weighted by Gasteiger charge is 2.29. The number of carboxylic acid groups (broad SMARTS) is 1. The van der Waals surface area contributed by atoms with E-state index >= 15 is 0 Å². The van der Waals surface area contributed by atoms with E-state index in [0.717, 1.165) is 0 Å². The predicted octanol–water partition coefficient (Wildman–Crippen LogP) is 2.60. The highest BCUT2D eigenvalue weighted by molar-refractivity contribution is 8.04. The molecule has 1 amide bonds. The molecule has 1 aliphatic rings. The molecule has 3 aromatic rings. The fourth-order valence-corrected chi connectivity index (χ4v) is 3.48. The minimum Gasteiger partial charge on any atom is -0.544 e. The van der Waals surface area contributed by atoms with E-state index in [1.165, 1.54) is 0 Å². The van der Waals surface area contributed by atoms with Gasteiger partial charge in [-0.25, -0.2) is 0 Å². The largest absolute Gasteiger partial charge is 0.544 e. The maximum Gasteiger partial charge on any atom is 0.281 e. The number of aromatic nitrogens is 2. The van der Waals surface area contributed by atoms with Crippen LogP contribution in [-0.2, 0) is 9.59 Å². The van der Waals surface area contributed by atoms with Crippen molar-refractivity contribution in [3.05, 3.63) is 64.0 Å². The topological polar surface area (TPSA) is 108 Å². The SMILES string of the molecule is O=C([O-])/C(Sc1nnc(-c2ccc(Cl)cc2)o1)=C1\C(=O)Nc2ccccc21. The van der Waals surface area contributed by atoms with Crippen LogP contribution in [0, 0.1) is 0 Å². The van der Waals surface area contributed by atoms with Gasteiger partial charge in [0.05, 0.1) is 16.4 Å². The number of para-hydroxylation sites is 1. The Morgan fingerprint density at radius 1 is 1.11 bits per heavy atom. The van der Waals surface area contributed by atoms with E-state index in [2.05, 4.69) is 15.5 Å². The molecule has 1 N–H and O–H groups in total. The Balaban J connectivity index is 1.71. The van der Waals surface area contributed by atoms with Crippen LogP contribution in [0.4, 0.5) is 5.69 Å². The smallest absolute Gasteiger partial charge is 0.281 e. The summed E-state index contributed by atoms with van der Waals surface area (Å²) in [7, 11) is 0. The van der Waals surface area contributed by atoms with Crippen LogP contribution in [-0.4, -0.2) is 22.1 Å². The molecule has 0 aliphatic carbocycles. The van der Waals surface area contributed by atoms with Crippen LogP contribution in [0.1, 0.15) is 5.56 Å². The van der Waals surface area contributed by atoms with Crippen molar-refractivity contribution >= 4 is 46.5 Å². The molecular formula is C18H9ClN3O4S-. The molecule has 134 valence electrons. The molecule has 7 nitrogen and oxygen atoms in total. The van der Waals surface area contributed by atoms with E-state index in [-0.39, 0.29) is 21.6 Å². The van der Waals surface area contributed by atoms with Gasteiger partial charge in [-0.15, -0.1) is 10.2 Å². The van der Waals surface area contributed by atoms with E-state index in [9.17, 15) is 14.7 Å². The highest BCUT2D eigenvalue weighted by Crippen LogP contribution is 2.39. The van der Waals surface area contributed by atoms with Crippen molar-refractivity contribution in [3.63, 3.8) is 0 Å². The summed E-state index contributed by atoms with van der Waals surface area (Å²) in [6.45, 7) is 0. The van der Waals surface area contributed by atoms with E-state index < -0.39 is 11.9 Å². The van der Waals surface area contributed by atoms with Gasteiger partial charge in [-0.3, -0.25) is 4.79 Å². The molecule has 2 heterocycles. The van der Waals surface area contributed by atoms with Crippen molar-refractivity contribution in [1.82, 2.24) is 10.2 Å². The molecular weight excluding hydrogens is 390 g/mol. The number of rotatable bonds is 4. The number of aliphatic carboxylic acids is 1. The number of carbonyl (C=O) groups excluding carboxylic acids is 2. The second-order valence-corrected chi connectivity index (χ2v) is 6.87. The molecule has 27 heavy (non-hydrogen) atoms. The molecule has 0 unspecified atom stereocenters. The van der Waals surface area contributed by atoms with Crippen LogP contribution in [0.15, 0.2) is 63.1 Å². The molecule has 1 aromatic heterocycles. The molecule has 4 rings (SSSR count). The highest BCUT2D eigenvalue weighted by atomic mass is 35.5. The average molecular weight is 399 g/mol. The summed E-state index contributed by atoms with van der Waals surface area (Å²) in [4.78, 5) is 23.7. The van der Waals surface area contributed by atoms with Crippen LogP contribution >= 0.6 is 23.4 Å². The zero-order chi connectivity index (χ0) is 19.0.